The molecule has 1 fully saturated rings. The Labute approximate surface area is 130 Å². The Bertz CT molecular complexity index is 448. The predicted molar refractivity (Wildman–Crippen MR) is 89.7 cm³/mol. The Kier molecular flexibility index (Phi) is 5.19. The molecule has 1 aromatic rings. The summed E-state index contributed by atoms with van der Waals surface area (Å²) >= 11 is 0. The fraction of sp³-hybridized carbons (Fsp3) is 0.789. The van der Waals surface area contributed by atoms with E-state index in [0.29, 0.717) is 12.1 Å². The summed E-state index contributed by atoms with van der Waals surface area (Å²) in [5, 5.41) is 3.89. The lowest BCUT2D eigenvalue weighted by molar-refractivity contribution is 0.186. The molecule has 0 bridgehead atoms. The highest BCUT2D eigenvalue weighted by atomic mass is 16.3. The Balaban J connectivity index is 1.93. The molecule has 1 aliphatic rings. The molecule has 21 heavy (non-hydrogen) atoms. The van der Waals surface area contributed by atoms with Crippen LogP contribution in [0.4, 0.5) is 0 Å². The third-order valence-electron chi connectivity index (χ3n) is 5.43. The average molecular weight is 291 g/mol. The van der Waals surface area contributed by atoms with Gasteiger partial charge < -0.3 is 9.73 Å². The van der Waals surface area contributed by atoms with Gasteiger partial charge in [0.25, 0.3) is 0 Å². The predicted octanol–water partition coefficient (Wildman–Crippen LogP) is 5.06. The molecule has 2 heteroatoms. The van der Waals surface area contributed by atoms with E-state index in [1.165, 1.54) is 19.3 Å². The van der Waals surface area contributed by atoms with Crippen LogP contribution in [0, 0.1) is 18.8 Å². The summed E-state index contributed by atoms with van der Waals surface area (Å²) < 4.78 is 5.85. The van der Waals surface area contributed by atoms with Crippen molar-refractivity contribution in [1.29, 1.82) is 0 Å². The maximum Gasteiger partial charge on any atom is 0.109 e. The lowest BCUT2D eigenvalue weighted by atomic mass is 9.77. The highest BCUT2D eigenvalue weighted by Crippen LogP contribution is 2.32. The summed E-state index contributed by atoms with van der Waals surface area (Å²) in [6.45, 7) is 13.7. The fourth-order valence-electron chi connectivity index (χ4n) is 3.91. The molecule has 0 unspecified atom stereocenters. The first kappa shape index (κ1) is 16.6. The van der Waals surface area contributed by atoms with E-state index in [9.17, 15) is 0 Å². The topological polar surface area (TPSA) is 25.2 Å². The van der Waals surface area contributed by atoms with Gasteiger partial charge in [0, 0.05) is 17.5 Å². The second-order valence-corrected chi connectivity index (χ2v) is 7.94. The molecule has 2 rings (SSSR count). The summed E-state index contributed by atoms with van der Waals surface area (Å²) in [5.74, 6) is 3.76. The van der Waals surface area contributed by atoms with E-state index in [-0.39, 0.29) is 5.41 Å². The number of hydrogen-bond donors (Lipinski definition) is 1. The smallest absolute Gasteiger partial charge is 0.109 e. The Morgan fingerprint density at radius 1 is 1.29 bits per heavy atom. The first-order valence-corrected chi connectivity index (χ1v) is 8.62. The van der Waals surface area contributed by atoms with Gasteiger partial charge >= 0.3 is 0 Å². The number of nitrogens with one attached hydrogen (secondary N) is 1. The van der Waals surface area contributed by atoms with Crippen LogP contribution >= 0.6 is 0 Å². The van der Waals surface area contributed by atoms with E-state index < -0.39 is 0 Å². The van der Waals surface area contributed by atoms with Gasteiger partial charge in [-0.3, -0.25) is 0 Å². The van der Waals surface area contributed by atoms with Crippen molar-refractivity contribution in [2.24, 2.45) is 11.8 Å². The molecule has 1 heterocycles. The highest BCUT2D eigenvalue weighted by Gasteiger charge is 2.31. The molecule has 4 atom stereocenters. The van der Waals surface area contributed by atoms with Crippen molar-refractivity contribution >= 4 is 0 Å². The maximum atomic E-state index is 5.85. The number of rotatable bonds is 5. The van der Waals surface area contributed by atoms with Crippen LogP contribution in [0.2, 0.25) is 0 Å². The van der Waals surface area contributed by atoms with Gasteiger partial charge in [0.15, 0.2) is 0 Å². The van der Waals surface area contributed by atoms with Crippen molar-refractivity contribution in [3.05, 3.63) is 23.7 Å². The molecule has 1 aliphatic carbocycles. The summed E-state index contributed by atoms with van der Waals surface area (Å²) in [7, 11) is 0. The minimum absolute atomic E-state index is 0.0875. The van der Waals surface area contributed by atoms with Crippen molar-refractivity contribution in [1.82, 2.24) is 5.32 Å². The van der Waals surface area contributed by atoms with Crippen molar-refractivity contribution in [2.75, 3.05) is 0 Å². The minimum Gasteiger partial charge on any atom is -0.466 e. The van der Waals surface area contributed by atoms with E-state index in [0.717, 1.165) is 29.8 Å². The van der Waals surface area contributed by atoms with Crippen LogP contribution in [0.15, 0.2) is 16.5 Å². The molecule has 120 valence electrons. The van der Waals surface area contributed by atoms with Crippen LogP contribution in [0.25, 0.3) is 0 Å². The second kappa shape index (κ2) is 6.56. The van der Waals surface area contributed by atoms with E-state index in [1.54, 1.807) is 0 Å². The van der Waals surface area contributed by atoms with Crippen LogP contribution in [0.5, 0.6) is 0 Å². The summed E-state index contributed by atoms with van der Waals surface area (Å²) in [6.07, 6.45) is 5.20. The third kappa shape index (κ3) is 4.12. The van der Waals surface area contributed by atoms with Crippen molar-refractivity contribution in [3.63, 3.8) is 0 Å². The summed E-state index contributed by atoms with van der Waals surface area (Å²) in [6, 6.07) is 5.40. The zero-order valence-electron chi connectivity index (χ0n) is 14.7. The molecule has 1 aromatic heterocycles. The van der Waals surface area contributed by atoms with Crippen LogP contribution in [-0.4, -0.2) is 12.1 Å². The largest absolute Gasteiger partial charge is 0.466 e. The Morgan fingerprint density at radius 3 is 2.62 bits per heavy atom. The Hall–Kier alpha value is -0.760. The molecular weight excluding hydrogens is 258 g/mol. The van der Waals surface area contributed by atoms with Gasteiger partial charge in [-0.2, -0.15) is 0 Å². The van der Waals surface area contributed by atoms with Crippen LogP contribution in [0.3, 0.4) is 0 Å². The number of furan rings is 1. The monoisotopic (exact) mass is 291 g/mol. The quantitative estimate of drug-likeness (QED) is 0.820. The second-order valence-electron chi connectivity index (χ2n) is 7.94. The van der Waals surface area contributed by atoms with Gasteiger partial charge in [-0.05, 0) is 50.7 Å². The molecule has 0 amide bonds. The van der Waals surface area contributed by atoms with Crippen LogP contribution in [-0.2, 0) is 5.41 Å². The standard InChI is InChI=1S/C19H33NO/c1-13-8-7-9-17(16(13)4)20-14(2)12-19(5,6)18-11-10-15(3)21-18/h10-11,13-14,16-17,20H,7-9,12H2,1-6H3/t13-,14+,16-,17-/m0/s1. The van der Waals surface area contributed by atoms with Gasteiger partial charge in [0.2, 0.25) is 0 Å². The molecule has 0 saturated heterocycles. The fourth-order valence-corrected chi connectivity index (χ4v) is 3.91. The molecular formula is C19H33NO. The summed E-state index contributed by atoms with van der Waals surface area (Å²) in [5.41, 5.74) is 0.0875. The van der Waals surface area contributed by atoms with Gasteiger partial charge in [0.1, 0.15) is 11.5 Å². The maximum absolute atomic E-state index is 5.85. The Morgan fingerprint density at radius 2 is 2.00 bits per heavy atom. The van der Waals surface area contributed by atoms with E-state index in [1.807, 2.05) is 6.92 Å². The average Bonchev–Trinajstić information content (AvgIpc) is 2.82. The SMILES string of the molecule is Cc1ccc(C(C)(C)C[C@@H](C)N[C@H]2CCC[C@H](C)[C@@H]2C)o1. The first-order chi connectivity index (χ1) is 9.79. The number of aryl methyl sites for hydroxylation is 1. The van der Waals surface area contributed by atoms with Crippen LogP contribution < -0.4 is 5.32 Å². The molecule has 1 saturated carbocycles. The molecule has 0 spiro atoms. The highest BCUT2D eigenvalue weighted by molar-refractivity contribution is 5.15. The lowest BCUT2D eigenvalue weighted by Gasteiger charge is -2.38. The first-order valence-electron chi connectivity index (χ1n) is 8.62. The zero-order valence-corrected chi connectivity index (χ0v) is 14.7. The van der Waals surface area contributed by atoms with Crippen molar-refractivity contribution in [2.45, 2.75) is 84.7 Å². The molecule has 0 radical (unpaired) electrons. The minimum atomic E-state index is 0.0875. The van der Waals surface area contributed by atoms with Gasteiger partial charge in [0.05, 0.1) is 0 Å². The van der Waals surface area contributed by atoms with Gasteiger partial charge in [-0.15, -0.1) is 0 Å². The molecule has 1 N–H and O–H groups in total. The van der Waals surface area contributed by atoms with Crippen molar-refractivity contribution in [3.8, 4) is 0 Å². The van der Waals surface area contributed by atoms with E-state index in [4.69, 9.17) is 4.42 Å². The summed E-state index contributed by atoms with van der Waals surface area (Å²) in [4.78, 5) is 0. The van der Waals surface area contributed by atoms with E-state index in [2.05, 4.69) is 52.1 Å². The van der Waals surface area contributed by atoms with Crippen LogP contribution in [0.1, 0.15) is 71.8 Å². The molecule has 0 aliphatic heterocycles. The lowest BCUT2D eigenvalue weighted by Crippen LogP contribution is -2.46. The molecule has 0 aromatic carbocycles. The zero-order chi connectivity index (χ0) is 15.6. The van der Waals surface area contributed by atoms with Gasteiger partial charge in [-0.25, -0.2) is 0 Å². The van der Waals surface area contributed by atoms with E-state index >= 15 is 0 Å². The number of hydrogen-bond acceptors (Lipinski definition) is 2. The normalized spacial score (nSPS) is 28.6. The molecule has 2 nitrogen and oxygen atoms in total. The third-order valence-corrected chi connectivity index (χ3v) is 5.43. The van der Waals surface area contributed by atoms with Crippen molar-refractivity contribution < 1.29 is 4.42 Å². The van der Waals surface area contributed by atoms with Gasteiger partial charge in [-0.1, -0.05) is 40.5 Å².